The fraction of sp³-hybridized carbons (Fsp3) is 0.273. The number of benzene rings is 2. The van der Waals surface area contributed by atoms with Gasteiger partial charge in [0.2, 0.25) is 0 Å². The average molecular weight is 377 g/mol. The van der Waals surface area contributed by atoms with E-state index >= 15 is 0 Å². The Labute approximate surface area is 166 Å². The number of rotatable bonds is 7. The minimum Gasteiger partial charge on any atom is -0.380 e. The van der Waals surface area contributed by atoms with Crippen molar-refractivity contribution in [3.05, 3.63) is 77.7 Å². The molecule has 0 aliphatic rings. The molecule has 2 aromatic carbocycles. The van der Waals surface area contributed by atoms with Crippen LogP contribution in [0.4, 0.5) is 0 Å². The average Bonchev–Trinajstić information content (AvgIpc) is 3.18. The fourth-order valence-corrected chi connectivity index (χ4v) is 3.07. The summed E-state index contributed by atoms with van der Waals surface area (Å²) in [7, 11) is 5.50. The number of nitrogens with zero attached hydrogens (tertiary/aromatic N) is 3. The van der Waals surface area contributed by atoms with Crippen molar-refractivity contribution in [2.75, 3.05) is 21.2 Å². The molecule has 6 heteroatoms. The number of hydrogen-bond donors (Lipinski definition) is 2. The first-order valence-corrected chi connectivity index (χ1v) is 9.27. The van der Waals surface area contributed by atoms with E-state index in [1.165, 1.54) is 5.56 Å². The van der Waals surface area contributed by atoms with Crippen LogP contribution in [-0.4, -0.2) is 42.0 Å². The van der Waals surface area contributed by atoms with Crippen molar-refractivity contribution in [3.8, 4) is 11.3 Å². The van der Waals surface area contributed by atoms with Gasteiger partial charge >= 0.3 is 0 Å². The van der Waals surface area contributed by atoms with Gasteiger partial charge in [0, 0.05) is 27.7 Å². The van der Waals surface area contributed by atoms with Gasteiger partial charge in [0.1, 0.15) is 5.82 Å². The maximum absolute atomic E-state index is 5.21. The van der Waals surface area contributed by atoms with E-state index in [1.54, 1.807) is 14.2 Å². The van der Waals surface area contributed by atoms with Crippen LogP contribution in [-0.2, 0) is 24.4 Å². The Kier molecular flexibility index (Phi) is 6.81. The van der Waals surface area contributed by atoms with Crippen LogP contribution in [0, 0.1) is 0 Å². The molecule has 0 aliphatic carbocycles. The zero-order chi connectivity index (χ0) is 19.8. The molecule has 0 atom stereocenters. The quantitative estimate of drug-likeness (QED) is 0.489. The van der Waals surface area contributed by atoms with Crippen molar-refractivity contribution < 1.29 is 4.74 Å². The number of imidazole rings is 1. The van der Waals surface area contributed by atoms with Crippen LogP contribution in [0.15, 0.2) is 65.8 Å². The Bertz CT molecular complexity index is 904. The lowest BCUT2D eigenvalue weighted by Crippen LogP contribution is -2.38. The standard InChI is InChI=1S/C22H27N5O/c1-23-22(25-13-17-8-7-9-18(12-17)16-28-3)27(2)15-21-24-14-20(26-21)19-10-5-4-6-11-19/h4-12,14H,13,15-16H2,1-3H3,(H,23,25)(H,24,26). The number of aromatic amines is 1. The van der Waals surface area contributed by atoms with Gasteiger partial charge in [0.25, 0.3) is 0 Å². The minimum atomic E-state index is 0.616. The third kappa shape index (κ3) is 5.20. The first-order valence-electron chi connectivity index (χ1n) is 9.27. The number of guanidine groups is 1. The highest BCUT2D eigenvalue weighted by Crippen LogP contribution is 2.16. The number of hydrogen-bond acceptors (Lipinski definition) is 3. The molecule has 0 radical (unpaired) electrons. The van der Waals surface area contributed by atoms with Crippen LogP contribution in [0.2, 0.25) is 0 Å². The third-order valence-electron chi connectivity index (χ3n) is 4.43. The third-order valence-corrected chi connectivity index (χ3v) is 4.43. The van der Waals surface area contributed by atoms with E-state index in [9.17, 15) is 0 Å². The molecule has 0 aliphatic heterocycles. The number of H-pyrrole nitrogens is 1. The Morgan fingerprint density at radius 1 is 1.14 bits per heavy atom. The molecule has 0 fully saturated rings. The van der Waals surface area contributed by atoms with Gasteiger partial charge in [-0.05, 0) is 16.7 Å². The summed E-state index contributed by atoms with van der Waals surface area (Å²) < 4.78 is 5.21. The van der Waals surface area contributed by atoms with E-state index < -0.39 is 0 Å². The van der Waals surface area contributed by atoms with Crippen molar-refractivity contribution in [1.29, 1.82) is 0 Å². The van der Waals surface area contributed by atoms with Crippen LogP contribution in [0.25, 0.3) is 11.3 Å². The molecule has 3 rings (SSSR count). The molecule has 146 valence electrons. The van der Waals surface area contributed by atoms with Crippen molar-refractivity contribution in [2.24, 2.45) is 4.99 Å². The maximum atomic E-state index is 5.21. The number of methoxy groups -OCH3 is 1. The molecule has 6 nitrogen and oxygen atoms in total. The highest BCUT2D eigenvalue weighted by Gasteiger charge is 2.10. The monoisotopic (exact) mass is 377 g/mol. The van der Waals surface area contributed by atoms with Gasteiger partial charge in [0.05, 0.1) is 25.0 Å². The molecule has 0 unspecified atom stereocenters. The molecule has 0 saturated heterocycles. The zero-order valence-electron chi connectivity index (χ0n) is 16.6. The summed E-state index contributed by atoms with van der Waals surface area (Å²) in [5.74, 6) is 1.71. The molecular formula is C22H27N5O. The molecule has 0 spiro atoms. The Morgan fingerprint density at radius 3 is 2.68 bits per heavy atom. The summed E-state index contributed by atoms with van der Waals surface area (Å²) in [6.07, 6.45) is 1.87. The molecular weight excluding hydrogens is 350 g/mol. The van der Waals surface area contributed by atoms with Crippen LogP contribution in [0.5, 0.6) is 0 Å². The number of nitrogens with one attached hydrogen (secondary N) is 2. The van der Waals surface area contributed by atoms with Gasteiger partial charge in [-0.1, -0.05) is 54.6 Å². The molecule has 0 saturated carbocycles. The first-order chi connectivity index (χ1) is 13.7. The lowest BCUT2D eigenvalue weighted by molar-refractivity contribution is 0.185. The van der Waals surface area contributed by atoms with Crippen molar-refractivity contribution in [1.82, 2.24) is 20.2 Å². The van der Waals surface area contributed by atoms with Gasteiger partial charge in [-0.2, -0.15) is 0 Å². The van der Waals surface area contributed by atoms with E-state index in [0.29, 0.717) is 19.7 Å². The Morgan fingerprint density at radius 2 is 1.93 bits per heavy atom. The van der Waals surface area contributed by atoms with Crippen molar-refractivity contribution in [3.63, 3.8) is 0 Å². The topological polar surface area (TPSA) is 65.5 Å². The van der Waals surface area contributed by atoms with E-state index in [-0.39, 0.29) is 0 Å². The second kappa shape index (κ2) is 9.71. The highest BCUT2D eigenvalue weighted by atomic mass is 16.5. The van der Waals surface area contributed by atoms with Gasteiger partial charge < -0.3 is 19.9 Å². The normalized spacial score (nSPS) is 11.5. The van der Waals surface area contributed by atoms with Crippen LogP contribution < -0.4 is 5.32 Å². The SMILES string of the molecule is CN=C(NCc1cccc(COC)c1)N(C)Cc1ncc(-c2ccccc2)[nH]1. The smallest absolute Gasteiger partial charge is 0.194 e. The first kappa shape index (κ1) is 19.6. The van der Waals surface area contributed by atoms with Gasteiger partial charge in [-0.25, -0.2) is 4.98 Å². The second-order valence-corrected chi connectivity index (χ2v) is 6.62. The number of ether oxygens (including phenoxy) is 1. The van der Waals surface area contributed by atoms with Crippen molar-refractivity contribution in [2.45, 2.75) is 19.7 Å². The predicted octanol–water partition coefficient (Wildman–Crippen LogP) is 3.43. The lowest BCUT2D eigenvalue weighted by Gasteiger charge is -2.21. The number of aromatic nitrogens is 2. The minimum absolute atomic E-state index is 0.616. The molecule has 1 heterocycles. The molecule has 28 heavy (non-hydrogen) atoms. The molecule has 3 aromatic rings. The Balaban J connectivity index is 1.59. The van der Waals surface area contributed by atoms with Crippen LogP contribution >= 0.6 is 0 Å². The summed E-state index contributed by atoms with van der Waals surface area (Å²) >= 11 is 0. The summed E-state index contributed by atoms with van der Waals surface area (Å²) in [6.45, 7) is 1.95. The van der Waals surface area contributed by atoms with E-state index in [0.717, 1.165) is 28.6 Å². The number of aliphatic imine (C=N–C) groups is 1. The maximum Gasteiger partial charge on any atom is 0.194 e. The predicted molar refractivity (Wildman–Crippen MR) is 113 cm³/mol. The van der Waals surface area contributed by atoms with E-state index in [1.807, 2.05) is 42.4 Å². The summed E-state index contributed by atoms with van der Waals surface area (Å²) in [4.78, 5) is 14.3. The summed E-state index contributed by atoms with van der Waals surface area (Å²) in [5, 5.41) is 3.41. The van der Waals surface area contributed by atoms with Gasteiger partial charge in [-0.3, -0.25) is 4.99 Å². The fourth-order valence-electron chi connectivity index (χ4n) is 3.07. The van der Waals surface area contributed by atoms with Gasteiger partial charge in [-0.15, -0.1) is 0 Å². The zero-order valence-corrected chi connectivity index (χ0v) is 16.6. The van der Waals surface area contributed by atoms with Crippen LogP contribution in [0.1, 0.15) is 17.0 Å². The van der Waals surface area contributed by atoms with E-state index in [4.69, 9.17) is 4.74 Å². The van der Waals surface area contributed by atoms with Gasteiger partial charge in [0.15, 0.2) is 5.96 Å². The largest absolute Gasteiger partial charge is 0.380 e. The van der Waals surface area contributed by atoms with Crippen LogP contribution in [0.3, 0.4) is 0 Å². The van der Waals surface area contributed by atoms with E-state index in [2.05, 4.69) is 50.6 Å². The summed E-state index contributed by atoms with van der Waals surface area (Å²) in [6, 6.07) is 18.5. The highest BCUT2D eigenvalue weighted by molar-refractivity contribution is 5.79. The Hall–Kier alpha value is -3.12. The molecule has 0 bridgehead atoms. The lowest BCUT2D eigenvalue weighted by atomic mass is 10.1. The summed E-state index contributed by atoms with van der Waals surface area (Å²) in [5.41, 5.74) is 4.49. The van der Waals surface area contributed by atoms with Crippen molar-refractivity contribution >= 4 is 5.96 Å². The molecule has 1 aromatic heterocycles. The molecule has 2 N–H and O–H groups in total. The second-order valence-electron chi connectivity index (χ2n) is 6.62. The molecule has 0 amide bonds.